The number of anilines is 1. The number of nitrogens with two attached hydrogens (primary N) is 1. The van der Waals surface area contributed by atoms with Gasteiger partial charge in [0.25, 0.3) is 0 Å². The lowest BCUT2D eigenvalue weighted by Crippen LogP contribution is -2.27. The molecule has 1 unspecified atom stereocenters. The molecule has 0 aliphatic carbocycles. The van der Waals surface area contributed by atoms with E-state index >= 15 is 0 Å². The van der Waals surface area contributed by atoms with Crippen LogP contribution in [0.25, 0.3) is 0 Å². The molecule has 1 atom stereocenters. The van der Waals surface area contributed by atoms with E-state index in [-0.39, 0.29) is 16.7 Å². The lowest BCUT2D eigenvalue weighted by molar-refractivity contribution is 0.402. The van der Waals surface area contributed by atoms with Gasteiger partial charge in [-0.1, -0.05) is 0 Å². The molecule has 0 radical (unpaired) electrons. The molecular formula is C13H16N2O3S2. The Kier molecular flexibility index (Phi) is 4.32. The molecule has 2 rings (SSSR count). The van der Waals surface area contributed by atoms with Gasteiger partial charge < -0.3 is 10.5 Å². The second-order valence-corrected chi connectivity index (χ2v) is 6.77. The number of benzene rings is 1. The van der Waals surface area contributed by atoms with Crippen LogP contribution in [-0.2, 0) is 10.0 Å². The highest BCUT2D eigenvalue weighted by Gasteiger charge is 2.22. The van der Waals surface area contributed by atoms with Crippen molar-refractivity contribution in [3.05, 3.63) is 40.6 Å². The summed E-state index contributed by atoms with van der Waals surface area (Å²) in [5.74, 6) is 0.231. The van der Waals surface area contributed by atoms with Crippen molar-refractivity contribution in [3.63, 3.8) is 0 Å². The number of sulfonamides is 1. The lowest BCUT2D eigenvalue weighted by atomic mass is 10.2. The van der Waals surface area contributed by atoms with Crippen molar-refractivity contribution in [2.24, 2.45) is 0 Å². The molecule has 0 saturated heterocycles. The predicted molar refractivity (Wildman–Crippen MR) is 80.5 cm³/mol. The third kappa shape index (κ3) is 3.12. The second-order valence-electron chi connectivity index (χ2n) is 4.31. The molecule has 0 amide bonds. The Hall–Kier alpha value is -1.57. The first kappa shape index (κ1) is 14.8. The van der Waals surface area contributed by atoms with Crippen molar-refractivity contribution < 1.29 is 13.2 Å². The zero-order valence-corrected chi connectivity index (χ0v) is 12.8. The summed E-state index contributed by atoms with van der Waals surface area (Å²) < 4.78 is 32.5. The summed E-state index contributed by atoms with van der Waals surface area (Å²) in [5, 5.41) is 3.82. The minimum Gasteiger partial charge on any atom is -0.495 e. The van der Waals surface area contributed by atoms with Crippen molar-refractivity contribution in [2.75, 3.05) is 12.8 Å². The zero-order chi connectivity index (χ0) is 14.8. The summed E-state index contributed by atoms with van der Waals surface area (Å²) >= 11 is 1.52. The number of nitrogens with one attached hydrogen (secondary N) is 1. The molecule has 3 N–H and O–H groups in total. The predicted octanol–water partition coefficient (Wildman–Crippen LogP) is 2.38. The first-order valence-corrected chi connectivity index (χ1v) is 8.34. The van der Waals surface area contributed by atoms with Gasteiger partial charge in [-0.2, -0.15) is 11.3 Å². The van der Waals surface area contributed by atoms with Gasteiger partial charge in [-0.05, 0) is 41.4 Å². The molecule has 5 nitrogen and oxygen atoms in total. The van der Waals surface area contributed by atoms with Gasteiger partial charge in [0.1, 0.15) is 10.6 Å². The summed E-state index contributed by atoms with van der Waals surface area (Å²) in [7, 11) is -2.26. The fourth-order valence-electron chi connectivity index (χ4n) is 1.79. The minimum absolute atomic E-state index is 0.0799. The van der Waals surface area contributed by atoms with E-state index in [4.69, 9.17) is 10.5 Å². The molecule has 0 bridgehead atoms. The smallest absolute Gasteiger partial charge is 0.244 e. The van der Waals surface area contributed by atoms with Crippen LogP contribution < -0.4 is 15.2 Å². The number of rotatable bonds is 5. The standard InChI is InChI=1S/C13H16N2O3S2/c1-9(10-5-6-19-8-10)15-20(16,17)13-4-3-11(14)7-12(13)18-2/h3-9,15H,14H2,1-2H3. The van der Waals surface area contributed by atoms with Gasteiger partial charge in [-0.3, -0.25) is 0 Å². The Morgan fingerprint density at radius 1 is 1.35 bits per heavy atom. The Labute approximate surface area is 122 Å². The molecule has 108 valence electrons. The molecule has 7 heteroatoms. The maximum absolute atomic E-state index is 12.4. The van der Waals surface area contributed by atoms with E-state index in [0.717, 1.165) is 5.56 Å². The van der Waals surface area contributed by atoms with Gasteiger partial charge in [0.15, 0.2) is 0 Å². The van der Waals surface area contributed by atoms with Crippen LogP contribution in [0.4, 0.5) is 5.69 Å². The fraction of sp³-hybridized carbons (Fsp3) is 0.231. The van der Waals surface area contributed by atoms with Gasteiger partial charge in [0.05, 0.1) is 7.11 Å². The Morgan fingerprint density at radius 3 is 2.70 bits per heavy atom. The maximum Gasteiger partial charge on any atom is 0.244 e. The molecule has 1 aromatic heterocycles. The second kappa shape index (κ2) is 5.82. The lowest BCUT2D eigenvalue weighted by Gasteiger charge is -2.15. The Bertz CT molecular complexity index is 682. The minimum atomic E-state index is -3.67. The van der Waals surface area contributed by atoms with E-state index in [2.05, 4.69) is 4.72 Å². The highest BCUT2D eigenvalue weighted by molar-refractivity contribution is 7.89. The zero-order valence-electron chi connectivity index (χ0n) is 11.2. The summed E-state index contributed by atoms with van der Waals surface area (Å²) in [6.07, 6.45) is 0. The normalized spacial score (nSPS) is 13.1. The summed E-state index contributed by atoms with van der Waals surface area (Å²) in [5.41, 5.74) is 7.01. The molecule has 0 spiro atoms. The van der Waals surface area contributed by atoms with Crippen molar-refractivity contribution in [1.29, 1.82) is 0 Å². The van der Waals surface area contributed by atoms with E-state index in [1.54, 1.807) is 6.92 Å². The topological polar surface area (TPSA) is 81.4 Å². The fourth-order valence-corrected chi connectivity index (χ4v) is 3.93. The van der Waals surface area contributed by atoms with Crippen LogP contribution in [-0.4, -0.2) is 15.5 Å². The van der Waals surface area contributed by atoms with Crippen LogP contribution in [0.2, 0.25) is 0 Å². The number of hydrogen-bond acceptors (Lipinski definition) is 5. The van der Waals surface area contributed by atoms with Crippen molar-refractivity contribution >= 4 is 27.0 Å². The van der Waals surface area contributed by atoms with Crippen molar-refractivity contribution in [1.82, 2.24) is 4.72 Å². The Balaban J connectivity index is 2.31. The molecule has 1 aromatic carbocycles. The number of thiophene rings is 1. The highest BCUT2D eigenvalue weighted by Crippen LogP contribution is 2.27. The average molecular weight is 312 g/mol. The largest absolute Gasteiger partial charge is 0.495 e. The van der Waals surface area contributed by atoms with Crippen LogP contribution in [0.3, 0.4) is 0 Å². The highest BCUT2D eigenvalue weighted by atomic mass is 32.2. The number of nitrogen functional groups attached to an aromatic ring is 1. The van der Waals surface area contributed by atoms with E-state index in [0.29, 0.717) is 5.69 Å². The number of methoxy groups -OCH3 is 1. The molecule has 2 aromatic rings. The number of hydrogen-bond donors (Lipinski definition) is 2. The average Bonchev–Trinajstić information content (AvgIpc) is 2.91. The number of ether oxygens (including phenoxy) is 1. The summed E-state index contributed by atoms with van der Waals surface area (Å²) in [6.45, 7) is 1.80. The van der Waals surface area contributed by atoms with Gasteiger partial charge in [-0.15, -0.1) is 0 Å². The third-order valence-corrected chi connectivity index (χ3v) is 5.13. The van der Waals surface area contributed by atoms with Gasteiger partial charge >= 0.3 is 0 Å². The van der Waals surface area contributed by atoms with Crippen molar-refractivity contribution in [3.8, 4) is 5.75 Å². The molecule has 0 saturated carbocycles. The SMILES string of the molecule is COc1cc(N)ccc1S(=O)(=O)NC(C)c1ccsc1. The van der Waals surface area contributed by atoms with Crippen molar-refractivity contribution in [2.45, 2.75) is 17.9 Å². The van der Waals surface area contributed by atoms with Crippen LogP contribution in [0, 0.1) is 0 Å². The maximum atomic E-state index is 12.4. The van der Waals surface area contributed by atoms with Crippen LogP contribution in [0.1, 0.15) is 18.5 Å². The molecule has 20 heavy (non-hydrogen) atoms. The quantitative estimate of drug-likeness (QED) is 0.831. The third-order valence-electron chi connectivity index (χ3n) is 2.85. The van der Waals surface area contributed by atoms with Crippen LogP contribution in [0.5, 0.6) is 5.75 Å². The van der Waals surface area contributed by atoms with Gasteiger partial charge in [-0.25, -0.2) is 13.1 Å². The molecular weight excluding hydrogens is 296 g/mol. The van der Waals surface area contributed by atoms with E-state index in [9.17, 15) is 8.42 Å². The summed E-state index contributed by atoms with van der Waals surface area (Å²) in [4.78, 5) is 0.0799. The van der Waals surface area contributed by atoms with Gasteiger partial charge in [0, 0.05) is 17.8 Å². The monoisotopic (exact) mass is 312 g/mol. The first-order chi connectivity index (χ1) is 9.44. The molecule has 0 fully saturated rings. The van der Waals surface area contributed by atoms with E-state index in [1.165, 1.54) is 36.6 Å². The van der Waals surface area contributed by atoms with Gasteiger partial charge in [0.2, 0.25) is 10.0 Å². The summed E-state index contributed by atoms with van der Waals surface area (Å²) in [6, 6.07) is 6.04. The van der Waals surface area contributed by atoms with Crippen LogP contribution in [0.15, 0.2) is 39.9 Å². The van der Waals surface area contributed by atoms with E-state index in [1.807, 2.05) is 16.8 Å². The first-order valence-electron chi connectivity index (χ1n) is 5.92. The Morgan fingerprint density at radius 2 is 2.10 bits per heavy atom. The van der Waals surface area contributed by atoms with E-state index < -0.39 is 10.0 Å². The molecule has 0 aliphatic rings. The molecule has 1 heterocycles. The molecule has 0 aliphatic heterocycles. The van der Waals surface area contributed by atoms with Crippen LogP contribution >= 0.6 is 11.3 Å².